The largest absolute Gasteiger partial charge is 0.312 e. The molecule has 0 amide bonds. The molecule has 2 rings (SSSR count). The van der Waals surface area contributed by atoms with E-state index in [0.29, 0.717) is 0 Å². The topological polar surface area (TPSA) is 37.8 Å². The van der Waals surface area contributed by atoms with Gasteiger partial charge in [-0.25, -0.2) is 4.98 Å². The molecule has 2 aromatic heterocycles. The van der Waals surface area contributed by atoms with Gasteiger partial charge in [0, 0.05) is 30.2 Å². The maximum Gasteiger partial charge on any atom is 0.0975 e. The number of aryl methyl sites for hydroxylation is 1. The molecule has 0 aliphatic carbocycles. The third-order valence-corrected chi connectivity index (χ3v) is 3.71. The molecule has 0 radical (unpaired) electrons. The van der Waals surface area contributed by atoms with Crippen molar-refractivity contribution in [2.24, 2.45) is 0 Å². The van der Waals surface area contributed by atoms with E-state index in [4.69, 9.17) is 0 Å². The minimum Gasteiger partial charge on any atom is -0.312 e. The van der Waals surface area contributed by atoms with Gasteiger partial charge < -0.3 is 5.32 Å². The lowest BCUT2D eigenvalue weighted by Crippen LogP contribution is -2.11. The molecule has 0 aliphatic heterocycles. The first-order valence-electron chi connectivity index (χ1n) is 5.84. The van der Waals surface area contributed by atoms with E-state index in [9.17, 15) is 0 Å². The van der Waals surface area contributed by atoms with Gasteiger partial charge in [-0.3, -0.25) is 4.98 Å². The molecule has 2 aromatic rings. The van der Waals surface area contributed by atoms with Crippen LogP contribution in [0.3, 0.4) is 0 Å². The first-order chi connectivity index (χ1) is 8.29. The van der Waals surface area contributed by atoms with Gasteiger partial charge in [0.25, 0.3) is 0 Å². The Labute approximate surface area is 106 Å². The van der Waals surface area contributed by atoms with Gasteiger partial charge in [-0.15, -0.1) is 11.3 Å². The second kappa shape index (κ2) is 5.89. The Hall–Kier alpha value is -1.26. The maximum atomic E-state index is 4.61. The van der Waals surface area contributed by atoms with Crippen molar-refractivity contribution in [2.45, 2.75) is 26.8 Å². The highest BCUT2D eigenvalue weighted by molar-refractivity contribution is 7.11. The van der Waals surface area contributed by atoms with E-state index >= 15 is 0 Å². The molecule has 1 N–H and O–H groups in total. The van der Waals surface area contributed by atoms with Gasteiger partial charge in [-0.2, -0.15) is 0 Å². The van der Waals surface area contributed by atoms with Crippen molar-refractivity contribution >= 4 is 11.3 Å². The number of aromatic nitrogens is 2. The van der Waals surface area contributed by atoms with E-state index in [1.165, 1.54) is 15.4 Å². The quantitative estimate of drug-likeness (QED) is 0.882. The van der Waals surface area contributed by atoms with Crippen LogP contribution in [0.4, 0.5) is 0 Å². The van der Waals surface area contributed by atoms with Gasteiger partial charge in [0.1, 0.15) is 0 Å². The first-order valence-corrected chi connectivity index (χ1v) is 6.66. The summed E-state index contributed by atoms with van der Waals surface area (Å²) >= 11 is 1.79. The third kappa shape index (κ3) is 3.35. The summed E-state index contributed by atoms with van der Waals surface area (Å²) in [4.78, 5) is 10.1. The normalized spacial score (nSPS) is 10.7. The highest BCUT2D eigenvalue weighted by Crippen LogP contribution is 2.20. The number of hydrogen-bond acceptors (Lipinski definition) is 4. The zero-order valence-corrected chi connectivity index (χ0v) is 11.0. The summed E-state index contributed by atoms with van der Waals surface area (Å²) < 4.78 is 0. The molecule has 0 aliphatic rings. The molecule has 0 bridgehead atoms. The maximum absolute atomic E-state index is 4.61. The molecular weight excluding hydrogens is 230 g/mol. The molecule has 0 saturated heterocycles. The smallest absolute Gasteiger partial charge is 0.0975 e. The van der Waals surface area contributed by atoms with Crippen molar-refractivity contribution in [1.29, 1.82) is 0 Å². The van der Waals surface area contributed by atoms with E-state index in [2.05, 4.69) is 35.2 Å². The molecule has 0 saturated carbocycles. The molecule has 0 unspecified atom stereocenters. The Morgan fingerprint density at radius 2 is 2.29 bits per heavy atom. The zero-order valence-electron chi connectivity index (χ0n) is 10.2. The van der Waals surface area contributed by atoms with Crippen LogP contribution < -0.4 is 5.32 Å². The SMILES string of the molecule is CCNCc1sc(Cc2cccnc2)nc1C. The molecule has 90 valence electrons. The van der Waals surface area contributed by atoms with Crippen LogP contribution in [-0.4, -0.2) is 16.5 Å². The van der Waals surface area contributed by atoms with Crippen LogP contribution in [0.2, 0.25) is 0 Å². The van der Waals surface area contributed by atoms with Gasteiger partial charge in [0.2, 0.25) is 0 Å². The van der Waals surface area contributed by atoms with Crippen LogP contribution >= 0.6 is 11.3 Å². The second-order valence-electron chi connectivity index (χ2n) is 3.93. The van der Waals surface area contributed by atoms with Crippen molar-refractivity contribution in [2.75, 3.05) is 6.54 Å². The second-order valence-corrected chi connectivity index (χ2v) is 5.10. The molecular formula is C13H17N3S. The Bertz CT molecular complexity index is 465. The summed E-state index contributed by atoms with van der Waals surface area (Å²) in [5, 5.41) is 4.51. The molecule has 4 heteroatoms. The Balaban J connectivity index is 2.07. The van der Waals surface area contributed by atoms with E-state index < -0.39 is 0 Å². The molecule has 0 atom stereocenters. The lowest BCUT2D eigenvalue weighted by molar-refractivity contribution is 0.731. The van der Waals surface area contributed by atoms with E-state index in [1.807, 2.05) is 12.3 Å². The van der Waals surface area contributed by atoms with E-state index in [-0.39, 0.29) is 0 Å². The highest BCUT2D eigenvalue weighted by atomic mass is 32.1. The number of pyridine rings is 1. The van der Waals surface area contributed by atoms with Gasteiger partial charge in [0.15, 0.2) is 0 Å². The van der Waals surface area contributed by atoms with Crippen molar-refractivity contribution in [3.05, 3.63) is 45.7 Å². The Morgan fingerprint density at radius 3 is 3.00 bits per heavy atom. The molecule has 0 spiro atoms. The van der Waals surface area contributed by atoms with Crippen LogP contribution in [0.15, 0.2) is 24.5 Å². The van der Waals surface area contributed by atoms with Gasteiger partial charge in [0.05, 0.1) is 10.7 Å². The van der Waals surface area contributed by atoms with Crippen molar-refractivity contribution in [3.8, 4) is 0 Å². The summed E-state index contributed by atoms with van der Waals surface area (Å²) in [5.41, 5.74) is 2.37. The van der Waals surface area contributed by atoms with Crippen LogP contribution in [0.1, 0.15) is 28.1 Å². The van der Waals surface area contributed by atoms with Crippen LogP contribution in [0, 0.1) is 6.92 Å². The Kier molecular flexibility index (Phi) is 4.23. The zero-order chi connectivity index (χ0) is 12.1. The fourth-order valence-corrected chi connectivity index (χ4v) is 2.72. The van der Waals surface area contributed by atoms with Gasteiger partial charge in [-0.1, -0.05) is 13.0 Å². The summed E-state index contributed by atoms with van der Waals surface area (Å²) in [7, 11) is 0. The molecule has 0 aromatic carbocycles. The standard InChI is InChI=1S/C13H17N3S/c1-3-14-9-12-10(2)16-13(17-12)7-11-5-4-6-15-8-11/h4-6,8,14H,3,7,9H2,1-2H3. The van der Waals surface area contributed by atoms with E-state index in [1.54, 1.807) is 17.5 Å². The number of nitrogens with zero attached hydrogens (tertiary/aromatic N) is 2. The fourth-order valence-electron chi connectivity index (χ4n) is 1.64. The molecule has 17 heavy (non-hydrogen) atoms. The molecule has 2 heterocycles. The van der Waals surface area contributed by atoms with Crippen molar-refractivity contribution in [3.63, 3.8) is 0 Å². The predicted octanol–water partition coefficient (Wildman–Crippen LogP) is 2.55. The summed E-state index contributed by atoms with van der Waals surface area (Å²) in [6, 6.07) is 4.06. The number of nitrogens with one attached hydrogen (secondary N) is 1. The average molecular weight is 247 g/mol. The monoisotopic (exact) mass is 247 g/mol. The van der Waals surface area contributed by atoms with Crippen molar-refractivity contribution in [1.82, 2.24) is 15.3 Å². The molecule has 3 nitrogen and oxygen atoms in total. The first kappa shape index (κ1) is 12.2. The highest BCUT2D eigenvalue weighted by Gasteiger charge is 2.07. The third-order valence-electron chi connectivity index (χ3n) is 2.55. The van der Waals surface area contributed by atoms with Gasteiger partial charge >= 0.3 is 0 Å². The number of rotatable bonds is 5. The minimum absolute atomic E-state index is 0.880. The number of thiazole rings is 1. The Morgan fingerprint density at radius 1 is 1.41 bits per heavy atom. The van der Waals surface area contributed by atoms with E-state index in [0.717, 1.165) is 25.2 Å². The predicted molar refractivity (Wildman–Crippen MR) is 71.3 cm³/mol. The van der Waals surface area contributed by atoms with Crippen LogP contribution in [0.25, 0.3) is 0 Å². The lowest BCUT2D eigenvalue weighted by Gasteiger charge is -1.97. The summed E-state index contributed by atoms with van der Waals surface area (Å²) in [6.07, 6.45) is 4.58. The van der Waals surface area contributed by atoms with Crippen molar-refractivity contribution < 1.29 is 0 Å². The number of hydrogen-bond donors (Lipinski definition) is 1. The molecule has 0 fully saturated rings. The fraction of sp³-hybridized carbons (Fsp3) is 0.385. The van der Waals surface area contributed by atoms with Crippen LogP contribution in [0.5, 0.6) is 0 Å². The summed E-state index contributed by atoms with van der Waals surface area (Å²) in [5.74, 6) is 0. The van der Waals surface area contributed by atoms with Crippen LogP contribution in [-0.2, 0) is 13.0 Å². The average Bonchev–Trinajstić information content (AvgIpc) is 2.68. The lowest BCUT2D eigenvalue weighted by atomic mass is 10.2. The minimum atomic E-state index is 0.880. The van der Waals surface area contributed by atoms with Gasteiger partial charge in [-0.05, 0) is 25.1 Å². The summed E-state index contributed by atoms with van der Waals surface area (Å²) in [6.45, 7) is 6.12.